The van der Waals surface area contributed by atoms with E-state index in [9.17, 15) is 0 Å². The molecule has 0 aliphatic rings. The molecule has 11 aromatic rings. The molecule has 0 aliphatic carbocycles. The average molecular weight is 719 g/mol. The summed E-state index contributed by atoms with van der Waals surface area (Å²) in [6.45, 7) is 0. The number of para-hydroxylation sites is 1. The van der Waals surface area contributed by atoms with E-state index >= 15 is 0 Å². The lowest BCUT2D eigenvalue weighted by atomic mass is 9.91. The molecule has 0 aliphatic heterocycles. The molecule has 0 atom stereocenters. The van der Waals surface area contributed by atoms with E-state index in [1.54, 1.807) is 0 Å². The number of hydrogen-bond acceptors (Lipinski definition) is 2. The van der Waals surface area contributed by atoms with Crippen molar-refractivity contribution in [2.24, 2.45) is 0 Å². The number of hydrogen-bond donors (Lipinski definition) is 0. The summed E-state index contributed by atoms with van der Waals surface area (Å²) in [6.07, 6.45) is 0. The first kappa shape index (κ1) is 27.2. The topological polar surface area (TPSA) is 16.4 Å². The summed E-state index contributed by atoms with van der Waals surface area (Å²) >= 11 is 0. The second-order valence-electron chi connectivity index (χ2n) is 14.1. The summed E-state index contributed by atoms with van der Waals surface area (Å²) < 4.78 is 49.1. The second-order valence-corrected chi connectivity index (χ2v) is 14.1. The van der Waals surface area contributed by atoms with Crippen LogP contribution in [0.2, 0.25) is 0 Å². The second kappa shape index (κ2) is 13.2. The highest BCUT2D eigenvalue weighted by atomic mass is 16.3. The molecule has 1 aromatic heterocycles. The molecule has 0 radical (unpaired) electrons. The highest BCUT2D eigenvalue weighted by molar-refractivity contribution is 6.12. The summed E-state index contributed by atoms with van der Waals surface area (Å²) in [5, 5.41) is 8.48. The van der Waals surface area contributed by atoms with Gasteiger partial charge in [0.05, 0.1) is 12.5 Å². The van der Waals surface area contributed by atoms with E-state index < -0.39 is 6.04 Å². The predicted octanol–water partition coefficient (Wildman–Crippen LogP) is 15.5. The third-order valence-corrected chi connectivity index (χ3v) is 11.0. The van der Waals surface area contributed by atoms with E-state index in [-0.39, 0.29) is 29.7 Å². The number of nitrogens with zero attached hydrogens (tertiary/aromatic N) is 1. The van der Waals surface area contributed by atoms with Gasteiger partial charge in [0.1, 0.15) is 11.2 Å². The van der Waals surface area contributed by atoms with Crippen LogP contribution < -0.4 is 4.90 Å². The zero-order chi connectivity index (χ0) is 41.4. The van der Waals surface area contributed by atoms with E-state index in [0.717, 1.165) is 77.2 Å². The van der Waals surface area contributed by atoms with Crippen LogP contribution in [0.25, 0.3) is 87.6 Å². The van der Waals surface area contributed by atoms with Gasteiger partial charge in [0.2, 0.25) is 0 Å². The molecular formula is C54H35NO. The van der Waals surface area contributed by atoms with Gasteiger partial charge >= 0.3 is 0 Å². The molecule has 2 heteroatoms. The normalized spacial score (nSPS) is 12.8. The minimum absolute atomic E-state index is 0.187. The van der Waals surface area contributed by atoms with Crippen LogP contribution in [0, 0.1) is 0 Å². The molecule has 2 nitrogen and oxygen atoms in total. The monoisotopic (exact) mass is 718 g/mol. The summed E-state index contributed by atoms with van der Waals surface area (Å²) in [6, 6.07) is 61.2. The zero-order valence-corrected chi connectivity index (χ0v) is 30.2. The molecule has 0 saturated heterocycles. The largest absolute Gasteiger partial charge is 0.456 e. The number of furan rings is 1. The first-order chi connectivity index (χ1) is 29.9. The van der Waals surface area contributed by atoms with Gasteiger partial charge in [-0.15, -0.1) is 0 Å². The van der Waals surface area contributed by atoms with Crippen molar-refractivity contribution in [2.75, 3.05) is 4.90 Å². The number of rotatable bonds is 6. The maximum absolute atomic E-state index is 8.81. The molecule has 1 heterocycles. The molecule has 0 bridgehead atoms. The third-order valence-electron chi connectivity index (χ3n) is 11.0. The number of benzene rings is 10. The lowest BCUT2D eigenvalue weighted by molar-refractivity contribution is 0.669. The van der Waals surface area contributed by atoms with Gasteiger partial charge in [-0.3, -0.25) is 0 Å². The Balaban J connectivity index is 1.10. The molecule has 0 saturated carbocycles. The van der Waals surface area contributed by atoms with Crippen LogP contribution >= 0.6 is 0 Å². The Kier molecular flexibility index (Phi) is 6.39. The first-order valence-corrected chi connectivity index (χ1v) is 18.8. The van der Waals surface area contributed by atoms with Crippen molar-refractivity contribution in [1.29, 1.82) is 0 Å². The summed E-state index contributed by atoms with van der Waals surface area (Å²) in [4.78, 5) is 2.28. The lowest BCUT2D eigenvalue weighted by Gasteiger charge is -2.28. The lowest BCUT2D eigenvalue weighted by Crippen LogP contribution is -2.10. The van der Waals surface area contributed by atoms with E-state index in [1.807, 2.05) is 54.6 Å². The summed E-state index contributed by atoms with van der Waals surface area (Å²) in [7, 11) is 0. The van der Waals surface area contributed by atoms with Gasteiger partial charge in [-0.05, 0) is 96.7 Å². The van der Waals surface area contributed by atoms with Crippen molar-refractivity contribution >= 4 is 71.3 Å². The highest BCUT2D eigenvalue weighted by Gasteiger charge is 2.20. The van der Waals surface area contributed by atoms with Gasteiger partial charge in [0, 0.05) is 33.6 Å². The van der Waals surface area contributed by atoms with Gasteiger partial charge in [-0.1, -0.05) is 170 Å². The molecule has 0 spiro atoms. The minimum atomic E-state index is -0.408. The SMILES string of the molecule is [2H]c1c([2H])c([2H])c(-c2cccc3cccc(-c4ccc(N(c5ccc6c(c5)oc5ccccc56)c5ccc(-c6cccc7ccccc67)c6ccccc56)cc4)c23)c([2H])c1[2H]. The van der Waals surface area contributed by atoms with Gasteiger partial charge in [-0.2, -0.15) is 0 Å². The van der Waals surface area contributed by atoms with Crippen molar-refractivity contribution in [3.05, 3.63) is 212 Å². The fourth-order valence-corrected chi connectivity index (χ4v) is 8.42. The Labute approximate surface area is 332 Å². The van der Waals surface area contributed by atoms with Crippen LogP contribution in [0.4, 0.5) is 17.1 Å². The Morgan fingerprint density at radius 2 is 0.964 bits per heavy atom. The summed E-state index contributed by atoms with van der Waals surface area (Å²) in [5.74, 6) is 0. The van der Waals surface area contributed by atoms with Crippen molar-refractivity contribution in [3.8, 4) is 33.4 Å². The standard InChI is InChI=1S/C54H35NO/c1-2-13-37(14-3-1)43-23-11-17-39-18-12-24-44(54(39)43)38-27-29-40(30-28-38)55(41-31-32-50-49-22-8-9-26-52(49)56-53(50)35-41)51-34-33-47(46-20-6-7-21-48(46)51)45-25-10-16-36-15-4-5-19-42(36)45/h1-35H/i1D,2D,3D,13D,14D. The third kappa shape index (κ3) is 5.26. The van der Waals surface area contributed by atoms with E-state index in [1.165, 1.54) is 16.3 Å². The minimum Gasteiger partial charge on any atom is -0.456 e. The van der Waals surface area contributed by atoms with E-state index in [0.29, 0.717) is 5.56 Å². The number of fused-ring (bicyclic) bond motifs is 6. The van der Waals surface area contributed by atoms with Crippen LogP contribution in [0.5, 0.6) is 0 Å². The van der Waals surface area contributed by atoms with Gasteiger partial charge in [-0.25, -0.2) is 0 Å². The molecule has 10 aromatic carbocycles. The summed E-state index contributed by atoms with van der Waals surface area (Å²) in [5.41, 5.74) is 9.47. The quantitative estimate of drug-likeness (QED) is 0.170. The Morgan fingerprint density at radius 1 is 0.375 bits per heavy atom. The Morgan fingerprint density at radius 3 is 1.77 bits per heavy atom. The molecule has 0 amide bonds. The van der Waals surface area contributed by atoms with Crippen molar-refractivity contribution < 1.29 is 11.3 Å². The first-order valence-electron chi connectivity index (χ1n) is 21.3. The van der Waals surface area contributed by atoms with Gasteiger partial charge in [0.15, 0.2) is 0 Å². The van der Waals surface area contributed by atoms with Crippen LogP contribution in [-0.2, 0) is 0 Å². The average Bonchev–Trinajstić information content (AvgIpc) is 3.68. The molecule has 262 valence electrons. The fraction of sp³-hybridized carbons (Fsp3) is 0. The number of anilines is 3. The zero-order valence-electron chi connectivity index (χ0n) is 35.2. The molecule has 0 unspecified atom stereocenters. The Bertz CT molecular complexity index is 3520. The van der Waals surface area contributed by atoms with Gasteiger partial charge < -0.3 is 9.32 Å². The molecule has 0 N–H and O–H groups in total. The van der Waals surface area contributed by atoms with E-state index in [4.69, 9.17) is 11.3 Å². The van der Waals surface area contributed by atoms with Crippen molar-refractivity contribution in [2.45, 2.75) is 0 Å². The molecule has 56 heavy (non-hydrogen) atoms. The van der Waals surface area contributed by atoms with Crippen LogP contribution in [0.3, 0.4) is 0 Å². The smallest absolute Gasteiger partial charge is 0.137 e. The fourth-order valence-electron chi connectivity index (χ4n) is 8.42. The van der Waals surface area contributed by atoms with Crippen molar-refractivity contribution in [3.63, 3.8) is 0 Å². The maximum atomic E-state index is 8.81. The molecule has 0 fully saturated rings. The highest BCUT2D eigenvalue weighted by Crippen LogP contribution is 2.45. The van der Waals surface area contributed by atoms with Gasteiger partial charge in [0.25, 0.3) is 0 Å². The van der Waals surface area contributed by atoms with Crippen LogP contribution in [-0.4, -0.2) is 0 Å². The predicted molar refractivity (Wildman–Crippen MR) is 237 cm³/mol. The molecule has 11 rings (SSSR count). The Hall–Kier alpha value is -7.42. The van der Waals surface area contributed by atoms with Crippen LogP contribution in [0.1, 0.15) is 6.85 Å². The molecular weight excluding hydrogens is 679 g/mol. The maximum Gasteiger partial charge on any atom is 0.137 e. The van der Waals surface area contributed by atoms with Crippen molar-refractivity contribution in [1.82, 2.24) is 0 Å². The van der Waals surface area contributed by atoms with Crippen LogP contribution in [0.15, 0.2) is 217 Å². The van der Waals surface area contributed by atoms with E-state index in [2.05, 4.69) is 132 Å².